The maximum Gasteiger partial charge on any atom is 0.267 e. The number of likely N-dealkylation sites (tertiary alicyclic amines) is 1. The summed E-state index contributed by atoms with van der Waals surface area (Å²) in [6.07, 6.45) is 0.756. The highest BCUT2D eigenvalue weighted by Gasteiger charge is 2.45. The smallest absolute Gasteiger partial charge is 0.267 e. The number of amides is 2. The van der Waals surface area contributed by atoms with Crippen molar-refractivity contribution >= 4 is 11.8 Å². The van der Waals surface area contributed by atoms with Crippen LogP contribution >= 0.6 is 0 Å². The topological polar surface area (TPSA) is 104 Å². The average molecular weight is 535 g/mol. The van der Waals surface area contributed by atoms with E-state index in [4.69, 9.17) is 4.74 Å². The van der Waals surface area contributed by atoms with E-state index in [1.54, 1.807) is 36.3 Å². The van der Waals surface area contributed by atoms with E-state index >= 15 is 0 Å². The molecule has 0 spiro atoms. The Bertz CT molecular complexity index is 1420. The summed E-state index contributed by atoms with van der Waals surface area (Å²) in [5.74, 6) is -0.893. The van der Waals surface area contributed by atoms with Crippen LogP contribution in [0.15, 0.2) is 53.3 Å². The van der Waals surface area contributed by atoms with Gasteiger partial charge >= 0.3 is 0 Å². The molecule has 8 nitrogen and oxygen atoms in total. The second-order valence-electron chi connectivity index (χ2n) is 10.5. The number of ether oxygens (including phenoxy) is 1. The Labute approximate surface area is 227 Å². The molecule has 1 aliphatic heterocycles. The van der Waals surface area contributed by atoms with Crippen LogP contribution in [0, 0.1) is 25.6 Å². The summed E-state index contributed by atoms with van der Waals surface area (Å²) in [5.41, 5.74) is 3.97. The highest BCUT2D eigenvalue weighted by Crippen LogP contribution is 2.40. The van der Waals surface area contributed by atoms with Gasteiger partial charge in [-0.3, -0.25) is 14.4 Å². The van der Waals surface area contributed by atoms with Gasteiger partial charge in [-0.1, -0.05) is 32.0 Å². The van der Waals surface area contributed by atoms with Crippen LogP contribution in [0.25, 0.3) is 0 Å². The molecule has 2 heterocycles. The van der Waals surface area contributed by atoms with E-state index in [9.17, 15) is 18.8 Å². The molecule has 1 unspecified atom stereocenters. The van der Waals surface area contributed by atoms with E-state index < -0.39 is 0 Å². The van der Waals surface area contributed by atoms with Crippen molar-refractivity contribution in [1.29, 1.82) is 0 Å². The molecule has 9 heteroatoms. The SMILES string of the molecule is CO[C@H]1C[C@@H](c2cccc(F)c2)N(C(=O)CNC(=O)c2ccc(Cc3cc(C)n[nH]c3=O)c(C)c2)C1C(C)C. The first-order valence-corrected chi connectivity index (χ1v) is 13.1. The maximum atomic E-state index is 14.0. The number of aromatic nitrogens is 2. The van der Waals surface area contributed by atoms with Gasteiger partial charge in [0, 0.05) is 31.1 Å². The number of methoxy groups -OCH3 is 1. The molecule has 1 aliphatic rings. The van der Waals surface area contributed by atoms with Gasteiger partial charge in [-0.2, -0.15) is 5.10 Å². The van der Waals surface area contributed by atoms with Crippen molar-refractivity contribution in [3.05, 3.63) is 98.2 Å². The molecule has 3 aromatic rings. The Morgan fingerprint density at radius 2 is 1.92 bits per heavy atom. The van der Waals surface area contributed by atoms with Crippen LogP contribution in [0.5, 0.6) is 0 Å². The molecule has 1 aromatic heterocycles. The number of hydrogen-bond donors (Lipinski definition) is 2. The Morgan fingerprint density at radius 1 is 1.15 bits per heavy atom. The number of nitrogens with zero attached hydrogens (tertiary/aromatic N) is 2. The Kier molecular flexibility index (Phi) is 8.60. The fourth-order valence-electron chi connectivity index (χ4n) is 5.48. The standard InChI is InChI=1S/C30H35FN4O4/c1-17(2)28-26(39-5)15-25(21-7-6-8-24(31)14-21)35(28)27(36)16-32-29(37)22-10-9-20(18(3)11-22)13-23-12-19(4)33-34-30(23)38/h6-12,14,17,25-26,28H,13,15-16H2,1-5H3,(H,32,37)(H,34,38)/t25-,26-,28?/m0/s1. The maximum absolute atomic E-state index is 14.0. The lowest BCUT2D eigenvalue weighted by Gasteiger charge is -2.34. The summed E-state index contributed by atoms with van der Waals surface area (Å²) in [5, 5.41) is 9.15. The molecule has 4 rings (SSSR count). The van der Waals surface area contributed by atoms with Crippen molar-refractivity contribution in [3.63, 3.8) is 0 Å². The first kappa shape index (κ1) is 28.2. The minimum absolute atomic E-state index is 0.0970. The minimum Gasteiger partial charge on any atom is -0.379 e. The third kappa shape index (κ3) is 6.25. The van der Waals surface area contributed by atoms with Crippen molar-refractivity contribution in [2.24, 2.45) is 5.92 Å². The van der Waals surface area contributed by atoms with Crippen molar-refractivity contribution < 1.29 is 18.7 Å². The highest BCUT2D eigenvalue weighted by atomic mass is 19.1. The van der Waals surface area contributed by atoms with Crippen LogP contribution in [0.2, 0.25) is 0 Å². The zero-order valence-corrected chi connectivity index (χ0v) is 23.0. The average Bonchev–Trinajstić information content (AvgIpc) is 3.30. The van der Waals surface area contributed by atoms with E-state index in [-0.39, 0.29) is 53.8 Å². The second-order valence-corrected chi connectivity index (χ2v) is 10.5. The first-order chi connectivity index (χ1) is 18.6. The molecule has 1 fully saturated rings. The molecule has 1 saturated heterocycles. The van der Waals surface area contributed by atoms with Gasteiger partial charge < -0.3 is 15.0 Å². The zero-order chi connectivity index (χ0) is 28.3. The molecular formula is C30H35FN4O4. The molecule has 2 aromatic carbocycles. The molecule has 206 valence electrons. The van der Waals surface area contributed by atoms with E-state index in [0.717, 1.165) is 16.8 Å². The summed E-state index contributed by atoms with van der Waals surface area (Å²) < 4.78 is 19.8. The number of aromatic amines is 1. The normalized spacial score (nSPS) is 18.9. The number of benzene rings is 2. The fourth-order valence-corrected chi connectivity index (χ4v) is 5.48. The summed E-state index contributed by atoms with van der Waals surface area (Å²) in [4.78, 5) is 40.4. The minimum atomic E-state index is -0.374. The van der Waals surface area contributed by atoms with Crippen molar-refractivity contribution in [2.75, 3.05) is 13.7 Å². The number of H-pyrrole nitrogens is 1. The Morgan fingerprint density at radius 3 is 2.59 bits per heavy atom. The quantitative estimate of drug-likeness (QED) is 0.457. The third-order valence-electron chi connectivity index (χ3n) is 7.40. The predicted octanol–water partition coefficient (Wildman–Crippen LogP) is 3.86. The van der Waals surface area contributed by atoms with Gasteiger partial charge in [0.05, 0.1) is 30.4 Å². The summed E-state index contributed by atoms with van der Waals surface area (Å²) in [7, 11) is 1.62. The molecule has 0 saturated carbocycles. The highest BCUT2D eigenvalue weighted by molar-refractivity contribution is 5.96. The number of rotatable bonds is 8. The molecule has 3 atom stereocenters. The Balaban J connectivity index is 1.48. The largest absolute Gasteiger partial charge is 0.379 e. The van der Waals surface area contributed by atoms with Gasteiger partial charge in [0.2, 0.25) is 5.91 Å². The van der Waals surface area contributed by atoms with Gasteiger partial charge in [0.1, 0.15) is 5.82 Å². The molecule has 39 heavy (non-hydrogen) atoms. The van der Waals surface area contributed by atoms with Crippen LogP contribution in [0.1, 0.15) is 64.6 Å². The lowest BCUT2D eigenvalue weighted by atomic mass is 9.98. The first-order valence-electron chi connectivity index (χ1n) is 13.1. The molecule has 2 N–H and O–H groups in total. The van der Waals surface area contributed by atoms with Crippen LogP contribution < -0.4 is 10.9 Å². The second kappa shape index (κ2) is 11.9. The van der Waals surface area contributed by atoms with Crippen LogP contribution in [0.3, 0.4) is 0 Å². The monoisotopic (exact) mass is 534 g/mol. The van der Waals surface area contributed by atoms with Crippen LogP contribution in [0.4, 0.5) is 4.39 Å². The molecular weight excluding hydrogens is 499 g/mol. The van der Waals surface area contributed by atoms with Crippen molar-refractivity contribution in [1.82, 2.24) is 20.4 Å². The molecule has 2 amide bonds. The number of carbonyl (C=O) groups is 2. The van der Waals surface area contributed by atoms with Gasteiger partial charge in [-0.05, 0) is 66.8 Å². The van der Waals surface area contributed by atoms with E-state index in [0.29, 0.717) is 29.5 Å². The van der Waals surface area contributed by atoms with Crippen molar-refractivity contribution in [3.8, 4) is 0 Å². The number of hydrogen-bond acceptors (Lipinski definition) is 5. The van der Waals surface area contributed by atoms with Gasteiger partial charge in [0.25, 0.3) is 11.5 Å². The third-order valence-corrected chi connectivity index (χ3v) is 7.40. The lowest BCUT2D eigenvalue weighted by molar-refractivity contribution is -0.135. The van der Waals surface area contributed by atoms with Gasteiger partial charge in [-0.15, -0.1) is 0 Å². The lowest BCUT2D eigenvalue weighted by Crippen LogP contribution is -2.48. The van der Waals surface area contributed by atoms with E-state index in [1.165, 1.54) is 12.1 Å². The summed E-state index contributed by atoms with van der Waals surface area (Å²) in [6, 6.07) is 12.7. The number of nitrogens with one attached hydrogen (secondary N) is 2. The van der Waals surface area contributed by atoms with Crippen LogP contribution in [-0.2, 0) is 16.0 Å². The predicted molar refractivity (Wildman–Crippen MR) is 146 cm³/mol. The van der Waals surface area contributed by atoms with Gasteiger partial charge in [-0.25, -0.2) is 9.49 Å². The number of halogens is 1. The summed E-state index contributed by atoms with van der Waals surface area (Å²) in [6.45, 7) is 7.54. The van der Waals surface area contributed by atoms with Gasteiger partial charge in [0.15, 0.2) is 0 Å². The molecule has 0 aliphatic carbocycles. The van der Waals surface area contributed by atoms with E-state index in [2.05, 4.69) is 15.5 Å². The Hall–Kier alpha value is -3.85. The molecule has 0 bridgehead atoms. The number of aryl methyl sites for hydroxylation is 2. The fraction of sp³-hybridized carbons (Fsp3) is 0.400. The molecule has 0 radical (unpaired) electrons. The van der Waals surface area contributed by atoms with E-state index in [1.807, 2.05) is 39.8 Å². The summed E-state index contributed by atoms with van der Waals surface area (Å²) >= 11 is 0. The zero-order valence-electron chi connectivity index (χ0n) is 23.0. The van der Waals surface area contributed by atoms with Crippen molar-refractivity contribution in [2.45, 2.75) is 58.7 Å². The van der Waals surface area contributed by atoms with Crippen LogP contribution in [-0.4, -0.2) is 52.7 Å². The number of carbonyl (C=O) groups excluding carboxylic acids is 2.